The zero-order valence-corrected chi connectivity index (χ0v) is 7.81. The third-order valence-corrected chi connectivity index (χ3v) is 1.27. The third-order valence-electron chi connectivity index (χ3n) is 1.27. The van der Waals surface area contributed by atoms with Gasteiger partial charge in [0.2, 0.25) is 0 Å². The van der Waals surface area contributed by atoms with E-state index in [1.165, 1.54) is 6.92 Å². The third kappa shape index (κ3) is 5.04. The predicted molar refractivity (Wildman–Crippen MR) is 45.0 cm³/mol. The molecule has 11 heavy (non-hydrogen) atoms. The van der Waals surface area contributed by atoms with Gasteiger partial charge in [0.15, 0.2) is 5.60 Å². The summed E-state index contributed by atoms with van der Waals surface area (Å²) in [6.07, 6.45) is 0.294. The first-order valence-electron chi connectivity index (χ1n) is 3.32. The molecule has 3 nitrogen and oxygen atoms in total. The van der Waals surface area contributed by atoms with Gasteiger partial charge in [-0.3, -0.25) is 0 Å². The lowest BCUT2D eigenvalue weighted by Gasteiger charge is -2.19. The Morgan fingerprint density at radius 2 is 1.91 bits per heavy atom. The summed E-state index contributed by atoms with van der Waals surface area (Å²) in [6.45, 7) is 5.06. The first-order valence-corrected chi connectivity index (χ1v) is 3.32. The van der Waals surface area contributed by atoms with E-state index in [1.54, 1.807) is 0 Å². The van der Waals surface area contributed by atoms with Gasteiger partial charge in [0.1, 0.15) is 0 Å². The fraction of sp³-hybridized carbons (Fsp3) is 0.857. The molecule has 0 saturated heterocycles. The largest absolute Gasteiger partial charge is 0.479 e. The van der Waals surface area contributed by atoms with E-state index in [2.05, 4.69) is 0 Å². The second kappa shape index (κ2) is 4.57. The van der Waals surface area contributed by atoms with Crippen molar-refractivity contribution in [1.29, 1.82) is 0 Å². The van der Waals surface area contributed by atoms with E-state index >= 15 is 0 Å². The van der Waals surface area contributed by atoms with Crippen molar-refractivity contribution in [3.8, 4) is 0 Å². The Labute approximate surface area is 72.8 Å². The molecule has 0 saturated carbocycles. The van der Waals surface area contributed by atoms with Crippen LogP contribution in [-0.2, 0) is 4.79 Å². The maximum Gasteiger partial charge on any atom is 0.335 e. The van der Waals surface area contributed by atoms with Crippen LogP contribution in [0.4, 0.5) is 0 Å². The molecule has 0 aliphatic heterocycles. The van der Waals surface area contributed by atoms with Gasteiger partial charge in [-0.15, -0.1) is 12.4 Å². The summed E-state index contributed by atoms with van der Waals surface area (Å²) in [7, 11) is 0. The van der Waals surface area contributed by atoms with Gasteiger partial charge in [-0.2, -0.15) is 0 Å². The number of rotatable bonds is 3. The summed E-state index contributed by atoms with van der Waals surface area (Å²) in [5.41, 5.74) is -1.56. The highest BCUT2D eigenvalue weighted by Crippen LogP contribution is 2.15. The van der Waals surface area contributed by atoms with E-state index in [0.29, 0.717) is 6.42 Å². The minimum atomic E-state index is -1.56. The van der Waals surface area contributed by atoms with Gasteiger partial charge in [-0.05, 0) is 19.3 Å². The minimum absolute atomic E-state index is 0. The highest BCUT2D eigenvalue weighted by molar-refractivity contribution is 5.85. The summed E-state index contributed by atoms with van der Waals surface area (Å²) >= 11 is 0. The number of carbonyl (C=O) groups is 1. The van der Waals surface area contributed by atoms with Crippen molar-refractivity contribution in [3.63, 3.8) is 0 Å². The van der Waals surface area contributed by atoms with E-state index in [1.807, 2.05) is 13.8 Å². The Morgan fingerprint density at radius 1 is 1.55 bits per heavy atom. The summed E-state index contributed by atoms with van der Waals surface area (Å²) in [4.78, 5) is 10.3. The average molecular weight is 183 g/mol. The monoisotopic (exact) mass is 182 g/mol. The molecule has 1 atom stereocenters. The molecule has 4 heteroatoms. The van der Waals surface area contributed by atoms with Gasteiger partial charge >= 0.3 is 5.97 Å². The number of carboxylic acid groups (broad SMARTS) is 1. The molecule has 0 aliphatic carbocycles. The van der Waals surface area contributed by atoms with E-state index in [4.69, 9.17) is 10.2 Å². The van der Waals surface area contributed by atoms with Crippen molar-refractivity contribution in [1.82, 2.24) is 0 Å². The van der Waals surface area contributed by atoms with E-state index in [0.717, 1.165) is 0 Å². The Balaban J connectivity index is 0. The molecule has 0 fully saturated rings. The molecule has 0 amide bonds. The summed E-state index contributed by atoms with van der Waals surface area (Å²) in [6, 6.07) is 0. The van der Waals surface area contributed by atoms with Crippen LogP contribution in [0.5, 0.6) is 0 Å². The van der Waals surface area contributed by atoms with Crippen molar-refractivity contribution in [2.45, 2.75) is 32.8 Å². The molecule has 0 rings (SSSR count). The molecule has 0 spiro atoms. The van der Waals surface area contributed by atoms with Crippen molar-refractivity contribution >= 4 is 18.4 Å². The lowest BCUT2D eigenvalue weighted by atomic mass is 9.95. The SMILES string of the molecule is CC(C)C[C@](C)(O)C(=O)O.Cl. The van der Waals surface area contributed by atoms with Crippen LogP contribution < -0.4 is 0 Å². The van der Waals surface area contributed by atoms with Crippen LogP contribution in [0.1, 0.15) is 27.2 Å². The topological polar surface area (TPSA) is 57.5 Å². The number of carboxylic acids is 1. The Morgan fingerprint density at radius 3 is 2.00 bits per heavy atom. The highest BCUT2D eigenvalue weighted by Gasteiger charge is 2.30. The fourth-order valence-electron chi connectivity index (χ4n) is 0.882. The molecule has 2 N–H and O–H groups in total. The zero-order valence-electron chi connectivity index (χ0n) is 7.00. The molecule has 0 aromatic rings. The van der Waals surface area contributed by atoms with Crippen LogP contribution >= 0.6 is 12.4 Å². The van der Waals surface area contributed by atoms with Gasteiger partial charge in [0.25, 0.3) is 0 Å². The highest BCUT2D eigenvalue weighted by atomic mass is 35.5. The Kier molecular flexibility index (Phi) is 5.53. The van der Waals surface area contributed by atoms with Crippen molar-refractivity contribution in [2.24, 2.45) is 5.92 Å². The van der Waals surface area contributed by atoms with Gasteiger partial charge in [-0.1, -0.05) is 13.8 Å². The lowest BCUT2D eigenvalue weighted by Crippen LogP contribution is -2.36. The van der Waals surface area contributed by atoms with Crippen LogP contribution in [0.15, 0.2) is 0 Å². The van der Waals surface area contributed by atoms with Gasteiger partial charge < -0.3 is 10.2 Å². The van der Waals surface area contributed by atoms with E-state index < -0.39 is 11.6 Å². The van der Waals surface area contributed by atoms with Crippen LogP contribution in [0.3, 0.4) is 0 Å². The van der Waals surface area contributed by atoms with Gasteiger partial charge in [0, 0.05) is 0 Å². The molecule has 0 unspecified atom stereocenters. The second-order valence-corrected chi connectivity index (χ2v) is 3.18. The Hall–Kier alpha value is -0.280. The summed E-state index contributed by atoms with van der Waals surface area (Å²) < 4.78 is 0. The van der Waals surface area contributed by atoms with E-state index in [-0.39, 0.29) is 18.3 Å². The Bertz CT molecular complexity index is 132. The fourth-order valence-corrected chi connectivity index (χ4v) is 0.882. The molecule has 0 radical (unpaired) electrons. The van der Waals surface area contributed by atoms with Crippen LogP contribution in [0.2, 0.25) is 0 Å². The number of halogens is 1. The molecular formula is C7H15ClO3. The van der Waals surface area contributed by atoms with Crippen LogP contribution in [0, 0.1) is 5.92 Å². The normalized spacial score (nSPS) is 15.4. The molecule has 0 aromatic heterocycles. The summed E-state index contributed by atoms with van der Waals surface area (Å²) in [5, 5.41) is 17.6. The first kappa shape index (κ1) is 13.3. The zero-order chi connectivity index (χ0) is 8.36. The molecule has 68 valence electrons. The lowest BCUT2D eigenvalue weighted by molar-refractivity contribution is -0.158. The maximum atomic E-state index is 10.3. The number of aliphatic carboxylic acids is 1. The van der Waals surface area contributed by atoms with Crippen molar-refractivity contribution in [3.05, 3.63) is 0 Å². The molecule has 0 bridgehead atoms. The number of hydrogen-bond acceptors (Lipinski definition) is 2. The molecular weight excluding hydrogens is 168 g/mol. The molecule has 0 aromatic carbocycles. The standard InChI is InChI=1S/C7H14O3.ClH/c1-5(2)4-7(3,10)6(8)9;/h5,10H,4H2,1-3H3,(H,8,9);1H/t7-;/m0./s1. The number of aliphatic hydroxyl groups is 1. The van der Waals surface area contributed by atoms with Crippen LogP contribution in [0.25, 0.3) is 0 Å². The molecule has 0 aliphatic rings. The van der Waals surface area contributed by atoms with Crippen molar-refractivity contribution in [2.75, 3.05) is 0 Å². The number of hydrogen-bond donors (Lipinski definition) is 2. The van der Waals surface area contributed by atoms with Crippen LogP contribution in [-0.4, -0.2) is 21.8 Å². The summed E-state index contributed by atoms with van der Waals surface area (Å²) in [5.74, 6) is -0.952. The molecule has 0 heterocycles. The van der Waals surface area contributed by atoms with Crippen molar-refractivity contribution < 1.29 is 15.0 Å². The second-order valence-electron chi connectivity index (χ2n) is 3.18. The van der Waals surface area contributed by atoms with E-state index in [9.17, 15) is 4.79 Å². The quantitative estimate of drug-likeness (QED) is 0.692. The van der Waals surface area contributed by atoms with Gasteiger partial charge in [0.05, 0.1) is 0 Å². The van der Waals surface area contributed by atoms with Gasteiger partial charge in [-0.25, -0.2) is 4.79 Å². The average Bonchev–Trinajstić information content (AvgIpc) is 1.60. The maximum absolute atomic E-state index is 10.3. The first-order chi connectivity index (χ1) is 4.36. The minimum Gasteiger partial charge on any atom is -0.479 e. The smallest absolute Gasteiger partial charge is 0.335 e. The predicted octanol–water partition coefficient (Wildman–Crippen LogP) is 1.29.